The van der Waals surface area contributed by atoms with Gasteiger partial charge in [0.05, 0.1) is 5.69 Å². The predicted molar refractivity (Wildman–Crippen MR) is 141 cm³/mol. The van der Waals surface area contributed by atoms with E-state index in [-0.39, 0.29) is 0 Å². The first kappa shape index (κ1) is 22.6. The minimum atomic E-state index is -0.933. The van der Waals surface area contributed by atoms with Crippen molar-refractivity contribution in [3.8, 4) is 5.69 Å². The number of aliphatic hydroxyl groups is 1. The van der Waals surface area contributed by atoms with Crippen LogP contribution in [0.25, 0.3) is 5.69 Å². The van der Waals surface area contributed by atoms with Gasteiger partial charge < -0.3 is 5.11 Å². The molecule has 0 amide bonds. The average Bonchev–Trinajstić information content (AvgIpc) is 3.36. The van der Waals surface area contributed by atoms with Crippen LogP contribution in [-0.2, 0) is 0 Å². The average molecular weight is 478 g/mol. The zero-order valence-corrected chi connectivity index (χ0v) is 19.6. The fourth-order valence-corrected chi connectivity index (χ4v) is 4.46. The second-order valence-electron chi connectivity index (χ2n) is 7.69. The van der Waals surface area contributed by atoms with Crippen molar-refractivity contribution in [1.29, 1.82) is 0 Å². The lowest BCUT2D eigenvalue weighted by Gasteiger charge is -2.15. The van der Waals surface area contributed by atoms with Crippen LogP contribution in [-0.4, -0.2) is 24.9 Å². The van der Waals surface area contributed by atoms with Crippen molar-refractivity contribution in [1.82, 2.24) is 14.8 Å². The van der Waals surface area contributed by atoms with Crippen LogP contribution in [0.3, 0.4) is 0 Å². The highest BCUT2D eigenvalue weighted by Crippen LogP contribution is 2.30. The number of hydrogen-bond acceptors (Lipinski definition) is 6. The highest BCUT2D eigenvalue weighted by atomic mass is 32.2. The molecular weight excluding hydrogens is 454 g/mol. The van der Waals surface area contributed by atoms with Crippen molar-refractivity contribution < 1.29 is 5.11 Å². The van der Waals surface area contributed by atoms with Crippen LogP contribution in [0.15, 0.2) is 132 Å². The van der Waals surface area contributed by atoms with Crippen LogP contribution in [0.5, 0.6) is 0 Å². The maximum Gasteiger partial charge on any atom is 0.202 e. The van der Waals surface area contributed by atoms with E-state index in [4.69, 9.17) is 5.10 Å². The first-order valence-electron chi connectivity index (χ1n) is 11.2. The van der Waals surface area contributed by atoms with Crippen LogP contribution in [0.4, 0.5) is 5.69 Å². The van der Waals surface area contributed by atoms with Gasteiger partial charge in [0.15, 0.2) is 5.82 Å². The van der Waals surface area contributed by atoms with Crippen molar-refractivity contribution in [2.75, 3.05) is 5.43 Å². The topological polar surface area (TPSA) is 75.3 Å². The summed E-state index contributed by atoms with van der Waals surface area (Å²) >= 11 is 1.38. The Morgan fingerprint density at radius 3 is 1.97 bits per heavy atom. The van der Waals surface area contributed by atoms with E-state index in [0.717, 1.165) is 27.5 Å². The summed E-state index contributed by atoms with van der Waals surface area (Å²) in [5.74, 6) is 0.438. The molecule has 2 N–H and O–H groups in total. The van der Waals surface area contributed by atoms with Crippen molar-refractivity contribution in [3.63, 3.8) is 0 Å². The summed E-state index contributed by atoms with van der Waals surface area (Å²) in [7, 11) is 0. The Kier molecular flexibility index (Phi) is 6.98. The Bertz CT molecular complexity index is 1390. The van der Waals surface area contributed by atoms with Gasteiger partial charge in [0.1, 0.15) is 11.1 Å². The summed E-state index contributed by atoms with van der Waals surface area (Å²) in [5.41, 5.74) is 6.56. The molecule has 6 nitrogen and oxygen atoms in total. The van der Waals surface area contributed by atoms with Crippen molar-refractivity contribution in [3.05, 3.63) is 138 Å². The molecule has 0 aliphatic heterocycles. The third kappa shape index (κ3) is 5.32. The van der Waals surface area contributed by atoms with Gasteiger partial charge in [-0.15, -0.1) is 10.2 Å². The molecule has 5 rings (SSSR count). The number of aliphatic hydroxyl groups excluding tert-OH is 1. The lowest BCUT2D eigenvalue weighted by Crippen LogP contribution is -2.10. The van der Waals surface area contributed by atoms with E-state index in [1.807, 2.05) is 126 Å². The first-order chi connectivity index (χ1) is 17.3. The molecule has 0 radical (unpaired) electrons. The Balaban J connectivity index is 1.56. The van der Waals surface area contributed by atoms with Gasteiger partial charge >= 0.3 is 0 Å². The molecule has 7 heteroatoms. The molecule has 0 saturated heterocycles. The molecule has 0 aliphatic carbocycles. The summed E-state index contributed by atoms with van der Waals surface area (Å²) in [4.78, 5) is 0. The summed E-state index contributed by atoms with van der Waals surface area (Å²) in [5, 5.41) is 26.1. The summed E-state index contributed by atoms with van der Waals surface area (Å²) in [6, 6.07) is 39.0. The third-order valence-corrected chi connectivity index (χ3v) is 6.27. The highest BCUT2D eigenvalue weighted by molar-refractivity contribution is 8.14. The standard InChI is InChI=1S/C28H23N5OS/c34-25(21-13-5-1-6-14-21)26-30-32-28(33(26)24-19-11-4-12-20-24)35-27(22-15-7-2-8-16-22)31-29-23-17-9-3-10-18-23/h1-20,25,29,34H/b31-27+. The van der Waals surface area contributed by atoms with E-state index >= 15 is 0 Å². The molecule has 35 heavy (non-hydrogen) atoms. The number of para-hydroxylation sites is 2. The van der Waals surface area contributed by atoms with E-state index in [9.17, 15) is 5.11 Å². The van der Waals surface area contributed by atoms with Crippen LogP contribution >= 0.6 is 11.8 Å². The quantitative estimate of drug-likeness (QED) is 0.132. The van der Waals surface area contributed by atoms with Gasteiger partial charge in [0, 0.05) is 11.3 Å². The van der Waals surface area contributed by atoms with Gasteiger partial charge in [-0.05, 0) is 41.6 Å². The zero-order chi connectivity index (χ0) is 23.9. The maximum atomic E-state index is 11.2. The van der Waals surface area contributed by atoms with Gasteiger partial charge in [-0.1, -0.05) is 97.1 Å². The molecule has 5 aromatic rings. The molecule has 1 heterocycles. The molecule has 0 saturated carbocycles. The van der Waals surface area contributed by atoms with Gasteiger partial charge in [-0.3, -0.25) is 9.99 Å². The number of thioether (sulfide) groups is 1. The number of aromatic nitrogens is 3. The number of nitrogens with one attached hydrogen (secondary N) is 1. The van der Waals surface area contributed by atoms with Crippen LogP contribution in [0.1, 0.15) is 23.1 Å². The Hall–Kier alpha value is -4.20. The summed E-state index contributed by atoms with van der Waals surface area (Å²) in [6.07, 6.45) is -0.933. The third-order valence-electron chi connectivity index (χ3n) is 5.30. The number of nitrogens with zero attached hydrogens (tertiary/aromatic N) is 4. The molecule has 0 fully saturated rings. The highest BCUT2D eigenvalue weighted by Gasteiger charge is 2.23. The minimum Gasteiger partial charge on any atom is -0.380 e. The fraction of sp³-hybridized carbons (Fsp3) is 0.0357. The second-order valence-corrected chi connectivity index (χ2v) is 8.64. The van der Waals surface area contributed by atoms with E-state index in [0.29, 0.717) is 11.0 Å². The molecule has 1 unspecified atom stereocenters. The van der Waals surface area contributed by atoms with Crippen molar-refractivity contribution >= 4 is 22.5 Å². The van der Waals surface area contributed by atoms with Gasteiger partial charge in [0.25, 0.3) is 0 Å². The van der Waals surface area contributed by atoms with Crippen LogP contribution in [0.2, 0.25) is 0 Å². The predicted octanol–water partition coefficient (Wildman–Crippen LogP) is 5.92. The number of rotatable bonds is 7. The zero-order valence-electron chi connectivity index (χ0n) is 18.8. The first-order valence-corrected chi connectivity index (χ1v) is 12.0. The maximum absolute atomic E-state index is 11.2. The summed E-state index contributed by atoms with van der Waals surface area (Å²) < 4.78 is 1.88. The van der Waals surface area contributed by atoms with Crippen LogP contribution in [0, 0.1) is 0 Å². The lowest BCUT2D eigenvalue weighted by molar-refractivity contribution is 0.207. The second kappa shape index (κ2) is 10.8. The molecule has 172 valence electrons. The number of hydrazone groups is 1. The van der Waals surface area contributed by atoms with E-state index in [1.165, 1.54) is 11.8 Å². The van der Waals surface area contributed by atoms with Crippen LogP contribution < -0.4 is 5.43 Å². The Morgan fingerprint density at radius 1 is 0.743 bits per heavy atom. The SMILES string of the molecule is OC(c1ccccc1)c1nnc(S/C(=N/Nc2ccccc2)c2ccccc2)n1-c1ccccc1. The molecule has 0 aliphatic rings. The minimum absolute atomic E-state index is 0.438. The molecule has 1 aromatic heterocycles. The molecule has 0 bridgehead atoms. The van der Waals surface area contributed by atoms with Crippen molar-refractivity contribution in [2.24, 2.45) is 5.10 Å². The monoisotopic (exact) mass is 477 g/mol. The molecule has 4 aromatic carbocycles. The molecule has 1 atom stereocenters. The number of hydrogen-bond donors (Lipinski definition) is 2. The Morgan fingerprint density at radius 2 is 1.31 bits per heavy atom. The smallest absolute Gasteiger partial charge is 0.202 e. The lowest BCUT2D eigenvalue weighted by atomic mass is 10.1. The largest absolute Gasteiger partial charge is 0.380 e. The fourth-order valence-electron chi connectivity index (χ4n) is 3.57. The van der Waals surface area contributed by atoms with E-state index in [1.54, 1.807) is 0 Å². The number of benzene rings is 4. The Labute approximate surface area is 208 Å². The number of anilines is 1. The molecular formula is C28H23N5OS. The van der Waals surface area contributed by atoms with Gasteiger partial charge in [-0.2, -0.15) is 5.10 Å². The normalized spacial score (nSPS) is 12.3. The van der Waals surface area contributed by atoms with Gasteiger partial charge in [0.2, 0.25) is 5.16 Å². The summed E-state index contributed by atoms with van der Waals surface area (Å²) in [6.45, 7) is 0. The van der Waals surface area contributed by atoms with E-state index in [2.05, 4.69) is 15.6 Å². The van der Waals surface area contributed by atoms with Gasteiger partial charge in [-0.25, -0.2) is 0 Å². The molecule has 0 spiro atoms. The van der Waals surface area contributed by atoms with Crippen molar-refractivity contribution in [2.45, 2.75) is 11.3 Å². The van der Waals surface area contributed by atoms with E-state index < -0.39 is 6.10 Å².